The molecular formula is C24H25N3O5. The van der Waals surface area contributed by atoms with Crippen molar-refractivity contribution in [2.75, 3.05) is 0 Å². The molecule has 0 bridgehead atoms. The van der Waals surface area contributed by atoms with Crippen molar-refractivity contribution in [1.82, 2.24) is 10.2 Å². The minimum atomic E-state index is -1.04. The van der Waals surface area contributed by atoms with Crippen molar-refractivity contribution in [1.29, 1.82) is 0 Å². The molecule has 2 aliphatic rings. The van der Waals surface area contributed by atoms with E-state index in [4.69, 9.17) is 0 Å². The van der Waals surface area contributed by atoms with Gasteiger partial charge in [-0.1, -0.05) is 44.0 Å². The maximum atomic E-state index is 13.4. The zero-order valence-corrected chi connectivity index (χ0v) is 17.8. The van der Waals surface area contributed by atoms with E-state index in [1.807, 2.05) is 0 Å². The van der Waals surface area contributed by atoms with Crippen LogP contribution in [-0.2, 0) is 11.2 Å². The van der Waals surface area contributed by atoms with Crippen LogP contribution in [0.4, 0.5) is 5.69 Å². The van der Waals surface area contributed by atoms with E-state index >= 15 is 0 Å². The molecule has 8 nitrogen and oxygen atoms in total. The molecule has 0 saturated heterocycles. The van der Waals surface area contributed by atoms with E-state index in [0.29, 0.717) is 11.5 Å². The largest absolute Gasteiger partial charge is 0.352 e. The van der Waals surface area contributed by atoms with Crippen molar-refractivity contribution in [2.45, 2.75) is 51.1 Å². The lowest BCUT2D eigenvalue weighted by molar-refractivity contribution is -0.384. The van der Waals surface area contributed by atoms with Gasteiger partial charge in [-0.15, -0.1) is 0 Å². The molecule has 1 aliphatic heterocycles. The minimum Gasteiger partial charge on any atom is -0.352 e. The maximum absolute atomic E-state index is 13.4. The summed E-state index contributed by atoms with van der Waals surface area (Å²) >= 11 is 0. The first-order valence-electron chi connectivity index (χ1n) is 10.9. The third-order valence-corrected chi connectivity index (χ3v) is 6.30. The molecule has 1 saturated carbocycles. The summed E-state index contributed by atoms with van der Waals surface area (Å²) < 4.78 is 0. The number of nitro groups is 1. The van der Waals surface area contributed by atoms with Gasteiger partial charge in [0.1, 0.15) is 6.04 Å². The normalized spacial score (nSPS) is 21.2. The van der Waals surface area contributed by atoms with Gasteiger partial charge in [0.05, 0.1) is 16.1 Å². The number of non-ortho nitro benzene ring substituents is 1. The number of imide groups is 1. The van der Waals surface area contributed by atoms with Crippen LogP contribution in [0.3, 0.4) is 0 Å². The van der Waals surface area contributed by atoms with Crippen molar-refractivity contribution in [3.8, 4) is 0 Å². The molecule has 1 fully saturated rings. The van der Waals surface area contributed by atoms with Crippen LogP contribution in [0.5, 0.6) is 0 Å². The Morgan fingerprint density at radius 2 is 1.72 bits per heavy atom. The number of nitro benzene ring substituents is 1. The average Bonchev–Trinajstić information content (AvgIpc) is 3.03. The molecule has 0 radical (unpaired) electrons. The molecule has 4 rings (SSSR count). The van der Waals surface area contributed by atoms with Crippen molar-refractivity contribution in [2.24, 2.45) is 5.92 Å². The number of hydrogen-bond acceptors (Lipinski definition) is 5. The van der Waals surface area contributed by atoms with Crippen LogP contribution in [-0.4, -0.2) is 39.6 Å². The number of nitrogens with zero attached hydrogens (tertiary/aromatic N) is 2. The van der Waals surface area contributed by atoms with E-state index in [9.17, 15) is 24.5 Å². The number of nitrogens with one attached hydrogen (secondary N) is 1. The first kappa shape index (κ1) is 21.7. The van der Waals surface area contributed by atoms with Gasteiger partial charge in [-0.3, -0.25) is 29.4 Å². The zero-order valence-electron chi connectivity index (χ0n) is 17.8. The minimum absolute atomic E-state index is 0.000734. The predicted octanol–water partition coefficient (Wildman–Crippen LogP) is 3.50. The number of rotatable bonds is 6. The number of hydrogen-bond donors (Lipinski definition) is 1. The molecule has 8 heteroatoms. The van der Waals surface area contributed by atoms with Crippen molar-refractivity contribution in [3.63, 3.8) is 0 Å². The van der Waals surface area contributed by atoms with Crippen LogP contribution in [0.15, 0.2) is 48.5 Å². The molecule has 0 unspecified atom stereocenters. The molecule has 1 N–H and O–H groups in total. The fourth-order valence-corrected chi connectivity index (χ4v) is 4.63. The van der Waals surface area contributed by atoms with E-state index in [2.05, 4.69) is 12.2 Å². The van der Waals surface area contributed by atoms with E-state index in [1.165, 1.54) is 12.1 Å². The van der Waals surface area contributed by atoms with Crippen molar-refractivity contribution >= 4 is 23.4 Å². The second kappa shape index (κ2) is 8.90. The lowest BCUT2D eigenvalue weighted by Crippen LogP contribution is -2.53. The molecule has 32 heavy (non-hydrogen) atoms. The predicted molar refractivity (Wildman–Crippen MR) is 117 cm³/mol. The molecule has 1 heterocycles. The summed E-state index contributed by atoms with van der Waals surface area (Å²) in [4.78, 5) is 51.0. The highest BCUT2D eigenvalue weighted by atomic mass is 16.6. The Morgan fingerprint density at radius 3 is 2.28 bits per heavy atom. The summed E-state index contributed by atoms with van der Waals surface area (Å²) in [5.74, 6) is -0.868. The number of benzene rings is 2. The molecule has 2 aromatic rings. The Morgan fingerprint density at radius 1 is 1.09 bits per heavy atom. The van der Waals surface area contributed by atoms with E-state index in [0.717, 1.165) is 30.6 Å². The summed E-state index contributed by atoms with van der Waals surface area (Å²) in [6.07, 6.45) is 3.95. The number of carbonyl (C=O) groups excluding carboxylic acids is 3. The van der Waals surface area contributed by atoms with Gasteiger partial charge >= 0.3 is 0 Å². The number of fused-ring (bicyclic) bond motifs is 1. The van der Waals surface area contributed by atoms with Crippen LogP contribution in [0, 0.1) is 16.0 Å². The summed E-state index contributed by atoms with van der Waals surface area (Å²) in [5.41, 5.74) is 1.13. The van der Waals surface area contributed by atoms with Gasteiger partial charge in [0, 0.05) is 24.6 Å². The van der Waals surface area contributed by atoms with E-state index in [-0.39, 0.29) is 35.2 Å². The summed E-state index contributed by atoms with van der Waals surface area (Å²) in [6.45, 7) is 2.15. The molecule has 1 aliphatic carbocycles. The van der Waals surface area contributed by atoms with Crippen LogP contribution in [0.1, 0.15) is 58.9 Å². The van der Waals surface area contributed by atoms with E-state index in [1.54, 1.807) is 36.4 Å². The smallest absolute Gasteiger partial charge is 0.269 e. The van der Waals surface area contributed by atoms with Gasteiger partial charge in [0.25, 0.3) is 17.5 Å². The monoisotopic (exact) mass is 435 g/mol. The van der Waals surface area contributed by atoms with Crippen LogP contribution in [0.25, 0.3) is 0 Å². The first-order valence-corrected chi connectivity index (χ1v) is 10.9. The fraction of sp³-hybridized carbons (Fsp3) is 0.375. The molecule has 3 atom stereocenters. The van der Waals surface area contributed by atoms with Crippen LogP contribution in [0.2, 0.25) is 0 Å². The van der Waals surface area contributed by atoms with Gasteiger partial charge < -0.3 is 5.32 Å². The Hall–Kier alpha value is -3.55. The van der Waals surface area contributed by atoms with Gasteiger partial charge in [0.2, 0.25) is 5.91 Å². The van der Waals surface area contributed by atoms with Crippen LogP contribution >= 0.6 is 0 Å². The standard InChI is InChI=1S/C24H25N3O5/c1-15-5-4-6-17(13-15)25-22(28)21(14-16-9-11-18(12-10-16)27(31)32)26-23(29)19-7-2-3-8-20(19)24(26)30/h2-3,7-12,15,17,21H,4-6,13-14H2,1H3,(H,25,28)/t15-,17-,21+/m1/s1. The lowest BCUT2D eigenvalue weighted by Gasteiger charge is -2.31. The molecule has 0 aromatic heterocycles. The van der Waals surface area contributed by atoms with Crippen molar-refractivity contribution < 1.29 is 19.3 Å². The summed E-state index contributed by atoms with van der Waals surface area (Å²) in [6, 6.07) is 11.3. The number of amides is 3. The average molecular weight is 435 g/mol. The van der Waals surface area contributed by atoms with Crippen LogP contribution < -0.4 is 5.32 Å². The SMILES string of the molecule is C[C@@H]1CCC[C@@H](NC(=O)[C@H](Cc2ccc([N+](=O)[O-])cc2)N2C(=O)c3ccccc3C2=O)C1. The van der Waals surface area contributed by atoms with Gasteiger partial charge in [0.15, 0.2) is 0 Å². The summed E-state index contributed by atoms with van der Waals surface area (Å²) in [7, 11) is 0. The zero-order chi connectivity index (χ0) is 22.8. The second-order valence-electron chi connectivity index (χ2n) is 8.65. The highest BCUT2D eigenvalue weighted by molar-refractivity contribution is 6.22. The highest BCUT2D eigenvalue weighted by Gasteiger charge is 2.43. The molecule has 3 amide bonds. The van der Waals surface area contributed by atoms with Crippen molar-refractivity contribution in [3.05, 3.63) is 75.3 Å². The lowest BCUT2D eigenvalue weighted by atomic mass is 9.87. The molecule has 166 valence electrons. The summed E-state index contributed by atoms with van der Waals surface area (Å²) in [5, 5.41) is 14.0. The Kier molecular flexibility index (Phi) is 6.03. The van der Waals surface area contributed by atoms with E-state index < -0.39 is 22.8 Å². The fourth-order valence-electron chi connectivity index (χ4n) is 4.63. The molecule has 0 spiro atoms. The Balaban J connectivity index is 1.62. The Labute approximate surface area is 185 Å². The topological polar surface area (TPSA) is 110 Å². The first-order chi connectivity index (χ1) is 15.3. The van der Waals surface area contributed by atoms with Gasteiger partial charge in [-0.25, -0.2) is 0 Å². The van der Waals surface area contributed by atoms with Gasteiger partial charge in [-0.2, -0.15) is 0 Å². The number of carbonyl (C=O) groups is 3. The highest BCUT2D eigenvalue weighted by Crippen LogP contribution is 2.28. The van der Waals surface area contributed by atoms with Gasteiger partial charge in [-0.05, 0) is 36.5 Å². The Bertz CT molecular complexity index is 1030. The third kappa shape index (κ3) is 4.26. The second-order valence-corrected chi connectivity index (χ2v) is 8.65. The molecule has 2 aromatic carbocycles. The maximum Gasteiger partial charge on any atom is 0.269 e. The molecular weight excluding hydrogens is 410 g/mol. The quantitative estimate of drug-likeness (QED) is 0.424. The third-order valence-electron chi connectivity index (χ3n) is 6.30.